The normalized spacial score (nSPS) is 16.4. The molecule has 3 heterocycles. The van der Waals surface area contributed by atoms with E-state index in [2.05, 4.69) is 10.5 Å². The van der Waals surface area contributed by atoms with Gasteiger partial charge in [0.2, 0.25) is 5.91 Å². The highest BCUT2D eigenvalue weighted by Crippen LogP contribution is 2.32. The van der Waals surface area contributed by atoms with Crippen LogP contribution in [-0.2, 0) is 9.59 Å². The Balaban J connectivity index is 1.67. The number of hydrogen-bond donors (Lipinski definition) is 1. The number of imide groups is 1. The fourth-order valence-electron chi connectivity index (χ4n) is 1.89. The molecule has 118 valence electrons. The first-order chi connectivity index (χ1) is 11.0. The second-order valence-corrected chi connectivity index (χ2v) is 6.63. The van der Waals surface area contributed by atoms with E-state index in [0.717, 1.165) is 21.5 Å². The molecule has 7 nitrogen and oxygen atoms in total. The molecule has 2 aromatic rings. The molecule has 1 N–H and O–H groups in total. The summed E-state index contributed by atoms with van der Waals surface area (Å²) in [6.45, 7) is 1.33. The quantitative estimate of drug-likeness (QED) is 0.853. The number of nitrogens with one attached hydrogen (secondary N) is 1. The first kappa shape index (κ1) is 15.5. The van der Waals surface area contributed by atoms with Crippen molar-refractivity contribution in [3.05, 3.63) is 39.1 Å². The molecule has 0 spiro atoms. The van der Waals surface area contributed by atoms with Crippen LogP contribution in [0.2, 0.25) is 0 Å². The van der Waals surface area contributed by atoms with Crippen LogP contribution in [0, 0.1) is 6.92 Å². The van der Waals surface area contributed by atoms with Gasteiger partial charge in [-0.05, 0) is 36.2 Å². The average molecular weight is 349 g/mol. The van der Waals surface area contributed by atoms with E-state index in [-0.39, 0.29) is 12.4 Å². The van der Waals surface area contributed by atoms with E-state index in [1.165, 1.54) is 11.3 Å². The van der Waals surface area contributed by atoms with Gasteiger partial charge in [-0.1, -0.05) is 11.2 Å². The zero-order chi connectivity index (χ0) is 16.4. The highest BCUT2D eigenvalue weighted by molar-refractivity contribution is 8.18. The lowest BCUT2D eigenvalue weighted by Crippen LogP contribution is -2.36. The number of aryl methyl sites for hydroxylation is 1. The molecular formula is C14H11N3O4S2. The SMILES string of the molecule is Cc1cc(NC(=O)CN2C(=O)S/C(=C\c3cccs3)C2=O)no1. The van der Waals surface area contributed by atoms with Crippen molar-refractivity contribution >= 4 is 52.0 Å². The monoisotopic (exact) mass is 349 g/mol. The Morgan fingerprint density at radius 3 is 2.96 bits per heavy atom. The molecule has 3 amide bonds. The van der Waals surface area contributed by atoms with Crippen LogP contribution < -0.4 is 5.32 Å². The van der Waals surface area contributed by atoms with Crippen molar-refractivity contribution < 1.29 is 18.9 Å². The molecule has 1 saturated heterocycles. The van der Waals surface area contributed by atoms with E-state index in [1.807, 2.05) is 17.5 Å². The number of nitrogens with zero attached hydrogens (tertiary/aromatic N) is 2. The van der Waals surface area contributed by atoms with Gasteiger partial charge in [0.25, 0.3) is 11.1 Å². The number of thioether (sulfide) groups is 1. The summed E-state index contributed by atoms with van der Waals surface area (Å²) in [7, 11) is 0. The molecule has 0 aliphatic carbocycles. The summed E-state index contributed by atoms with van der Waals surface area (Å²) >= 11 is 2.29. The third-order valence-electron chi connectivity index (χ3n) is 2.89. The number of hydrogen-bond acceptors (Lipinski definition) is 7. The van der Waals surface area contributed by atoms with E-state index in [9.17, 15) is 14.4 Å². The number of carbonyl (C=O) groups is 3. The molecule has 23 heavy (non-hydrogen) atoms. The lowest BCUT2D eigenvalue weighted by Gasteiger charge is -2.11. The van der Waals surface area contributed by atoms with Crippen molar-refractivity contribution in [3.63, 3.8) is 0 Å². The largest absolute Gasteiger partial charge is 0.360 e. The second-order valence-electron chi connectivity index (χ2n) is 4.65. The first-order valence-corrected chi connectivity index (χ1v) is 8.24. The topological polar surface area (TPSA) is 92.5 Å². The van der Waals surface area contributed by atoms with E-state index in [0.29, 0.717) is 10.7 Å². The van der Waals surface area contributed by atoms with Crippen LogP contribution in [-0.4, -0.2) is 33.7 Å². The fourth-order valence-corrected chi connectivity index (χ4v) is 3.45. The molecule has 1 aliphatic rings. The van der Waals surface area contributed by atoms with Gasteiger partial charge in [0.1, 0.15) is 12.3 Å². The molecule has 0 atom stereocenters. The van der Waals surface area contributed by atoms with Crippen molar-refractivity contribution in [2.24, 2.45) is 0 Å². The van der Waals surface area contributed by atoms with Crippen molar-refractivity contribution in [1.29, 1.82) is 0 Å². The average Bonchev–Trinajstić information content (AvgIpc) is 3.19. The lowest BCUT2D eigenvalue weighted by molar-refractivity contribution is -0.127. The summed E-state index contributed by atoms with van der Waals surface area (Å²) < 4.78 is 4.83. The summed E-state index contributed by atoms with van der Waals surface area (Å²) in [4.78, 5) is 38.2. The Morgan fingerprint density at radius 1 is 1.48 bits per heavy atom. The predicted octanol–water partition coefficient (Wildman–Crippen LogP) is 2.72. The predicted molar refractivity (Wildman–Crippen MR) is 86.9 cm³/mol. The van der Waals surface area contributed by atoms with Gasteiger partial charge in [-0.25, -0.2) is 0 Å². The Morgan fingerprint density at radius 2 is 2.30 bits per heavy atom. The van der Waals surface area contributed by atoms with Crippen molar-refractivity contribution in [2.45, 2.75) is 6.92 Å². The summed E-state index contributed by atoms with van der Waals surface area (Å²) in [5.74, 6) is -0.197. The van der Waals surface area contributed by atoms with Crippen molar-refractivity contribution in [1.82, 2.24) is 10.1 Å². The standard InChI is InChI=1S/C14H11N3O4S2/c1-8-5-11(16-21-8)15-12(18)7-17-13(19)10(23-14(17)20)6-9-3-2-4-22-9/h2-6H,7H2,1H3,(H,15,16,18)/b10-6-. The molecule has 0 aromatic carbocycles. The minimum atomic E-state index is -0.516. The third kappa shape index (κ3) is 3.51. The summed E-state index contributed by atoms with van der Waals surface area (Å²) in [5.41, 5.74) is 0. The molecule has 2 aromatic heterocycles. The van der Waals surface area contributed by atoms with Gasteiger partial charge < -0.3 is 9.84 Å². The van der Waals surface area contributed by atoms with Crippen molar-refractivity contribution in [2.75, 3.05) is 11.9 Å². The fraction of sp³-hybridized carbons (Fsp3) is 0.143. The van der Waals surface area contributed by atoms with E-state index in [4.69, 9.17) is 4.52 Å². The highest BCUT2D eigenvalue weighted by atomic mass is 32.2. The van der Waals surface area contributed by atoms with Gasteiger partial charge >= 0.3 is 0 Å². The number of carbonyl (C=O) groups excluding carboxylic acids is 3. The summed E-state index contributed by atoms with van der Waals surface area (Å²) in [6.07, 6.45) is 1.65. The van der Waals surface area contributed by atoms with Gasteiger partial charge in [-0.3, -0.25) is 19.3 Å². The Kier molecular flexibility index (Phi) is 4.30. The van der Waals surface area contributed by atoms with Crippen LogP contribution in [0.4, 0.5) is 10.6 Å². The van der Waals surface area contributed by atoms with Gasteiger partial charge in [-0.15, -0.1) is 11.3 Å². The molecule has 9 heteroatoms. The van der Waals surface area contributed by atoms with Crippen LogP contribution in [0.25, 0.3) is 6.08 Å². The smallest absolute Gasteiger partial charge is 0.294 e. The summed E-state index contributed by atoms with van der Waals surface area (Å²) in [5, 5.41) is 7.51. The van der Waals surface area contributed by atoms with Gasteiger partial charge in [-0.2, -0.15) is 0 Å². The molecule has 1 aliphatic heterocycles. The number of rotatable bonds is 4. The zero-order valence-electron chi connectivity index (χ0n) is 11.9. The number of amides is 3. The molecule has 0 bridgehead atoms. The lowest BCUT2D eigenvalue weighted by atomic mass is 10.3. The van der Waals surface area contributed by atoms with Crippen LogP contribution in [0.5, 0.6) is 0 Å². The van der Waals surface area contributed by atoms with Gasteiger partial charge in [0, 0.05) is 10.9 Å². The highest BCUT2D eigenvalue weighted by Gasteiger charge is 2.36. The molecule has 1 fully saturated rings. The second kappa shape index (κ2) is 6.39. The molecule has 0 unspecified atom stereocenters. The third-order valence-corrected chi connectivity index (χ3v) is 4.61. The Hall–Kier alpha value is -2.39. The number of thiophene rings is 1. The Bertz CT molecular complexity index is 795. The minimum Gasteiger partial charge on any atom is -0.360 e. The van der Waals surface area contributed by atoms with Gasteiger partial charge in [0.05, 0.1) is 4.91 Å². The van der Waals surface area contributed by atoms with Gasteiger partial charge in [0.15, 0.2) is 5.82 Å². The number of anilines is 1. The van der Waals surface area contributed by atoms with Crippen LogP contribution in [0.3, 0.4) is 0 Å². The van der Waals surface area contributed by atoms with Crippen LogP contribution >= 0.6 is 23.1 Å². The maximum Gasteiger partial charge on any atom is 0.294 e. The van der Waals surface area contributed by atoms with E-state index in [1.54, 1.807) is 19.1 Å². The first-order valence-electron chi connectivity index (χ1n) is 6.55. The number of aromatic nitrogens is 1. The molecule has 0 radical (unpaired) electrons. The molecule has 0 saturated carbocycles. The summed E-state index contributed by atoms with van der Waals surface area (Å²) in [6, 6.07) is 5.24. The van der Waals surface area contributed by atoms with E-state index < -0.39 is 17.1 Å². The zero-order valence-corrected chi connectivity index (χ0v) is 13.6. The minimum absolute atomic E-state index is 0.244. The molecule has 3 rings (SSSR count). The molecular weight excluding hydrogens is 338 g/mol. The van der Waals surface area contributed by atoms with Crippen LogP contribution in [0.1, 0.15) is 10.6 Å². The maximum atomic E-state index is 12.2. The Labute approximate surface area is 139 Å². The van der Waals surface area contributed by atoms with Crippen LogP contribution in [0.15, 0.2) is 33.0 Å². The van der Waals surface area contributed by atoms with E-state index >= 15 is 0 Å². The maximum absolute atomic E-state index is 12.2. The van der Waals surface area contributed by atoms with Crippen molar-refractivity contribution in [3.8, 4) is 0 Å².